The number of nitrogens with zero attached hydrogens (tertiary/aromatic N) is 2. The molecule has 6 nitrogen and oxygen atoms in total. The van der Waals surface area contributed by atoms with E-state index in [1.165, 1.54) is 0 Å². The standard InChI is InChI=1S/C19H32N4O2.HI/c1-6-20-19(21-11-12-25-14-15(2)3)22-13-16-7-9-17(10-8-16)18(24)23(4)5;/h7-10,15H,6,11-14H2,1-5H3,(H2,20,21,22);1H. The lowest BCUT2D eigenvalue weighted by atomic mass is 10.1. The fraction of sp³-hybridized carbons (Fsp3) is 0.579. The molecule has 0 aliphatic heterocycles. The molecule has 0 spiro atoms. The number of guanidine groups is 1. The van der Waals surface area contributed by atoms with E-state index in [0.29, 0.717) is 24.6 Å². The van der Waals surface area contributed by atoms with Crippen LogP contribution in [0.4, 0.5) is 0 Å². The van der Waals surface area contributed by atoms with E-state index in [1.807, 2.05) is 31.2 Å². The van der Waals surface area contributed by atoms with Gasteiger partial charge in [0.25, 0.3) is 5.91 Å². The summed E-state index contributed by atoms with van der Waals surface area (Å²) in [6.45, 7) is 9.81. The van der Waals surface area contributed by atoms with E-state index in [4.69, 9.17) is 4.74 Å². The normalized spacial score (nSPS) is 11.1. The van der Waals surface area contributed by atoms with E-state index in [-0.39, 0.29) is 29.9 Å². The zero-order valence-corrected chi connectivity index (χ0v) is 18.9. The molecule has 0 atom stereocenters. The lowest BCUT2D eigenvalue weighted by molar-refractivity contribution is 0.0827. The van der Waals surface area contributed by atoms with Gasteiger partial charge < -0.3 is 20.3 Å². The van der Waals surface area contributed by atoms with E-state index in [0.717, 1.165) is 31.2 Å². The third kappa shape index (κ3) is 9.96. The number of halogens is 1. The predicted octanol–water partition coefficient (Wildman–Crippen LogP) is 2.73. The van der Waals surface area contributed by atoms with Crippen molar-refractivity contribution in [2.24, 2.45) is 10.9 Å². The van der Waals surface area contributed by atoms with Gasteiger partial charge in [0.2, 0.25) is 0 Å². The lowest BCUT2D eigenvalue weighted by Crippen LogP contribution is -2.39. The first-order chi connectivity index (χ1) is 11.9. The molecule has 0 unspecified atom stereocenters. The number of hydrogen-bond acceptors (Lipinski definition) is 3. The van der Waals surface area contributed by atoms with Crippen LogP contribution in [0.3, 0.4) is 0 Å². The first-order valence-corrected chi connectivity index (χ1v) is 8.84. The van der Waals surface area contributed by atoms with Gasteiger partial charge in [-0.15, -0.1) is 24.0 Å². The highest BCUT2D eigenvalue weighted by atomic mass is 127. The molecule has 0 fully saturated rings. The predicted molar refractivity (Wildman–Crippen MR) is 118 cm³/mol. The number of amides is 1. The minimum absolute atomic E-state index is 0. The Balaban J connectivity index is 0.00000625. The minimum Gasteiger partial charge on any atom is -0.379 e. The average molecular weight is 476 g/mol. The fourth-order valence-electron chi connectivity index (χ4n) is 2.08. The molecule has 26 heavy (non-hydrogen) atoms. The average Bonchev–Trinajstić information content (AvgIpc) is 2.58. The van der Waals surface area contributed by atoms with Crippen LogP contribution in [0.5, 0.6) is 0 Å². The minimum atomic E-state index is 0. The van der Waals surface area contributed by atoms with Crippen LogP contribution in [0.15, 0.2) is 29.3 Å². The molecule has 1 rings (SSSR count). The number of hydrogen-bond donors (Lipinski definition) is 2. The van der Waals surface area contributed by atoms with Crippen LogP contribution in [0.1, 0.15) is 36.7 Å². The Bertz CT molecular complexity index is 545. The Kier molecular flexibility index (Phi) is 13.1. The fourth-order valence-corrected chi connectivity index (χ4v) is 2.08. The van der Waals surface area contributed by atoms with Gasteiger partial charge in [0.05, 0.1) is 13.2 Å². The molecule has 0 aliphatic carbocycles. The van der Waals surface area contributed by atoms with Crippen LogP contribution in [0.2, 0.25) is 0 Å². The number of carbonyl (C=O) groups excluding carboxylic acids is 1. The van der Waals surface area contributed by atoms with Gasteiger partial charge in [-0.3, -0.25) is 4.79 Å². The highest BCUT2D eigenvalue weighted by molar-refractivity contribution is 14.0. The molecule has 148 valence electrons. The maximum atomic E-state index is 11.9. The number of carbonyl (C=O) groups is 1. The van der Waals surface area contributed by atoms with E-state index in [9.17, 15) is 4.79 Å². The summed E-state index contributed by atoms with van der Waals surface area (Å²) in [4.78, 5) is 18.0. The van der Waals surface area contributed by atoms with Gasteiger partial charge >= 0.3 is 0 Å². The number of nitrogens with one attached hydrogen (secondary N) is 2. The van der Waals surface area contributed by atoms with Gasteiger partial charge in [-0.2, -0.15) is 0 Å². The smallest absolute Gasteiger partial charge is 0.253 e. The maximum absolute atomic E-state index is 11.9. The molecular formula is C19H33IN4O2. The van der Waals surface area contributed by atoms with Crippen molar-refractivity contribution in [3.8, 4) is 0 Å². The van der Waals surface area contributed by atoms with Gasteiger partial charge in [-0.1, -0.05) is 26.0 Å². The van der Waals surface area contributed by atoms with E-state index >= 15 is 0 Å². The van der Waals surface area contributed by atoms with E-state index in [1.54, 1.807) is 19.0 Å². The number of aliphatic imine (C=N–C) groups is 1. The van der Waals surface area contributed by atoms with E-state index < -0.39 is 0 Å². The maximum Gasteiger partial charge on any atom is 0.253 e. The third-order valence-electron chi connectivity index (χ3n) is 3.36. The Morgan fingerprint density at radius 2 is 1.85 bits per heavy atom. The first-order valence-electron chi connectivity index (χ1n) is 8.84. The molecule has 1 amide bonds. The summed E-state index contributed by atoms with van der Waals surface area (Å²) in [6, 6.07) is 7.56. The number of benzene rings is 1. The Morgan fingerprint density at radius 1 is 1.19 bits per heavy atom. The second kappa shape index (κ2) is 13.8. The van der Waals surface area contributed by atoms with Crippen molar-refractivity contribution in [2.75, 3.05) is 40.4 Å². The van der Waals surface area contributed by atoms with Crippen LogP contribution in [-0.2, 0) is 11.3 Å². The van der Waals surface area contributed by atoms with Crippen molar-refractivity contribution >= 4 is 35.8 Å². The lowest BCUT2D eigenvalue weighted by Gasteiger charge is -2.12. The second-order valence-corrected chi connectivity index (χ2v) is 6.49. The molecule has 0 bridgehead atoms. The van der Waals surface area contributed by atoms with Gasteiger partial charge in [-0.25, -0.2) is 4.99 Å². The van der Waals surface area contributed by atoms with E-state index in [2.05, 4.69) is 29.5 Å². The summed E-state index contributed by atoms with van der Waals surface area (Å²) in [5.74, 6) is 1.32. The Morgan fingerprint density at radius 3 is 2.38 bits per heavy atom. The van der Waals surface area contributed by atoms with Crippen molar-refractivity contribution in [2.45, 2.75) is 27.3 Å². The molecule has 0 radical (unpaired) electrons. The molecule has 0 aromatic heterocycles. The van der Waals surface area contributed by atoms with Crippen molar-refractivity contribution < 1.29 is 9.53 Å². The third-order valence-corrected chi connectivity index (χ3v) is 3.36. The molecule has 1 aromatic carbocycles. The van der Waals surface area contributed by atoms with Crippen molar-refractivity contribution in [3.63, 3.8) is 0 Å². The van der Waals surface area contributed by atoms with Crippen LogP contribution >= 0.6 is 24.0 Å². The van der Waals surface area contributed by atoms with Crippen LogP contribution in [0.25, 0.3) is 0 Å². The summed E-state index contributed by atoms with van der Waals surface area (Å²) in [7, 11) is 3.50. The summed E-state index contributed by atoms with van der Waals surface area (Å²) in [5, 5.41) is 6.48. The van der Waals surface area contributed by atoms with Crippen molar-refractivity contribution in [1.82, 2.24) is 15.5 Å². The first kappa shape index (κ1) is 24.7. The quantitative estimate of drug-likeness (QED) is 0.249. The molecule has 0 aliphatic rings. The number of ether oxygens (including phenoxy) is 1. The highest BCUT2D eigenvalue weighted by Gasteiger charge is 2.07. The Hall–Kier alpha value is -1.35. The molecule has 0 saturated carbocycles. The van der Waals surface area contributed by atoms with Crippen molar-refractivity contribution in [3.05, 3.63) is 35.4 Å². The summed E-state index contributed by atoms with van der Waals surface area (Å²) in [5.41, 5.74) is 1.74. The van der Waals surface area contributed by atoms with Gasteiger partial charge in [0.1, 0.15) is 0 Å². The molecular weight excluding hydrogens is 443 g/mol. The Labute approximate surface area is 174 Å². The SMILES string of the molecule is CCNC(=NCc1ccc(C(=O)N(C)C)cc1)NCCOCC(C)C.I. The van der Waals surface area contributed by atoms with Crippen LogP contribution in [0, 0.1) is 5.92 Å². The topological polar surface area (TPSA) is 66.0 Å². The molecule has 7 heteroatoms. The van der Waals surface area contributed by atoms with Gasteiger partial charge in [-0.05, 0) is 30.5 Å². The largest absolute Gasteiger partial charge is 0.379 e. The molecule has 0 saturated heterocycles. The summed E-state index contributed by atoms with van der Waals surface area (Å²) in [6.07, 6.45) is 0. The van der Waals surface area contributed by atoms with Gasteiger partial charge in [0, 0.05) is 39.4 Å². The second-order valence-electron chi connectivity index (χ2n) is 6.49. The molecule has 0 heterocycles. The summed E-state index contributed by atoms with van der Waals surface area (Å²) >= 11 is 0. The zero-order chi connectivity index (χ0) is 18.7. The molecule has 1 aromatic rings. The monoisotopic (exact) mass is 476 g/mol. The summed E-state index contributed by atoms with van der Waals surface area (Å²) < 4.78 is 5.56. The highest BCUT2D eigenvalue weighted by Crippen LogP contribution is 2.07. The van der Waals surface area contributed by atoms with Gasteiger partial charge in [0.15, 0.2) is 5.96 Å². The van der Waals surface area contributed by atoms with Crippen molar-refractivity contribution in [1.29, 1.82) is 0 Å². The van der Waals surface area contributed by atoms with Crippen LogP contribution in [-0.4, -0.2) is 57.2 Å². The molecule has 2 N–H and O–H groups in total. The number of rotatable bonds is 9. The van der Waals surface area contributed by atoms with Crippen LogP contribution < -0.4 is 10.6 Å². The zero-order valence-electron chi connectivity index (χ0n) is 16.5.